The van der Waals surface area contributed by atoms with Gasteiger partial charge in [-0.15, -0.1) is 0 Å². The van der Waals surface area contributed by atoms with Gasteiger partial charge in [0.05, 0.1) is 0 Å². The molecule has 1 N–H and O–H groups in total. The molecule has 1 atom stereocenters. The molecule has 62 valence electrons. The Morgan fingerprint density at radius 1 is 1.91 bits per heavy atom. The minimum Gasteiger partial charge on any atom is -0.480 e. The number of nitrogens with zero attached hydrogens (tertiary/aromatic N) is 1. The van der Waals surface area contributed by atoms with E-state index >= 15 is 0 Å². The number of carboxylic acid groups (broad SMARTS) is 1. The highest BCUT2D eigenvalue weighted by molar-refractivity contribution is 8.15. The summed E-state index contributed by atoms with van der Waals surface area (Å²) in [6, 6.07) is 0. The van der Waals surface area contributed by atoms with Gasteiger partial charge in [0, 0.05) is 13.1 Å². The van der Waals surface area contributed by atoms with Crippen molar-refractivity contribution in [2.75, 3.05) is 13.1 Å². The minimum absolute atomic E-state index is 0.125. The molecule has 0 saturated carbocycles. The SMILES string of the molecule is CCN1CC(C(=O)O)SC1=O. The lowest BCUT2D eigenvalue weighted by Crippen LogP contribution is -2.27. The Labute approximate surface area is 68.6 Å². The first kappa shape index (κ1) is 8.39. The average Bonchev–Trinajstić information content (AvgIpc) is 2.31. The van der Waals surface area contributed by atoms with Gasteiger partial charge in [-0.25, -0.2) is 0 Å². The topological polar surface area (TPSA) is 57.6 Å². The number of carbonyl (C=O) groups excluding carboxylic acids is 1. The fourth-order valence-electron chi connectivity index (χ4n) is 0.895. The van der Waals surface area contributed by atoms with Crippen LogP contribution in [0.4, 0.5) is 4.79 Å². The van der Waals surface area contributed by atoms with E-state index in [1.54, 1.807) is 0 Å². The van der Waals surface area contributed by atoms with Gasteiger partial charge in [0.1, 0.15) is 5.25 Å². The number of carbonyl (C=O) groups is 2. The van der Waals surface area contributed by atoms with Crippen LogP contribution in [0.5, 0.6) is 0 Å². The van der Waals surface area contributed by atoms with Gasteiger partial charge in [-0.1, -0.05) is 0 Å². The summed E-state index contributed by atoms with van der Waals surface area (Å²) in [5.74, 6) is -0.903. The van der Waals surface area contributed by atoms with Crippen molar-refractivity contribution >= 4 is 23.0 Å². The Balaban J connectivity index is 2.56. The molecular weight excluding hydrogens is 166 g/mol. The number of hydrogen-bond donors (Lipinski definition) is 1. The Hall–Kier alpha value is -0.710. The maximum absolute atomic E-state index is 10.9. The summed E-state index contributed by atoms with van der Waals surface area (Å²) in [4.78, 5) is 22.9. The third-order valence-electron chi connectivity index (χ3n) is 1.54. The summed E-state index contributed by atoms with van der Waals surface area (Å²) >= 11 is 0.894. The molecule has 1 fully saturated rings. The summed E-state index contributed by atoms with van der Waals surface area (Å²) in [5.41, 5.74) is 0. The van der Waals surface area contributed by atoms with Crippen molar-refractivity contribution in [2.45, 2.75) is 12.2 Å². The number of carboxylic acids is 1. The zero-order chi connectivity index (χ0) is 8.43. The molecule has 0 aliphatic carbocycles. The monoisotopic (exact) mass is 175 g/mol. The van der Waals surface area contributed by atoms with E-state index in [0.717, 1.165) is 11.8 Å². The predicted octanol–water partition coefficient (Wildman–Crippen LogP) is 0.628. The summed E-state index contributed by atoms with van der Waals surface area (Å²) in [7, 11) is 0. The van der Waals surface area contributed by atoms with Gasteiger partial charge >= 0.3 is 5.97 Å². The molecule has 1 amide bonds. The first-order chi connectivity index (χ1) is 5.15. The smallest absolute Gasteiger partial charge is 0.319 e. The molecule has 1 rings (SSSR count). The van der Waals surface area contributed by atoms with Crippen LogP contribution < -0.4 is 0 Å². The van der Waals surface area contributed by atoms with Gasteiger partial charge in [-0.05, 0) is 18.7 Å². The maximum Gasteiger partial charge on any atom is 0.319 e. The fraction of sp³-hybridized carbons (Fsp3) is 0.667. The van der Waals surface area contributed by atoms with Crippen LogP contribution in [0.3, 0.4) is 0 Å². The molecule has 5 heteroatoms. The standard InChI is InChI=1S/C6H9NO3S/c1-2-7-3-4(5(8)9)11-6(7)10/h4H,2-3H2,1H3,(H,8,9). The fourth-order valence-corrected chi connectivity index (χ4v) is 1.85. The second kappa shape index (κ2) is 3.13. The number of hydrogen-bond acceptors (Lipinski definition) is 3. The second-order valence-electron chi connectivity index (χ2n) is 2.25. The average molecular weight is 175 g/mol. The molecule has 0 aromatic rings. The highest BCUT2D eigenvalue weighted by Crippen LogP contribution is 2.24. The van der Waals surface area contributed by atoms with Crippen molar-refractivity contribution in [1.82, 2.24) is 4.90 Å². The normalized spacial score (nSPS) is 24.3. The molecule has 1 heterocycles. The zero-order valence-corrected chi connectivity index (χ0v) is 6.93. The minimum atomic E-state index is -0.903. The van der Waals surface area contributed by atoms with E-state index in [1.165, 1.54) is 4.90 Å². The van der Waals surface area contributed by atoms with Crippen molar-refractivity contribution in [3.05, 3.63) is 0 Å². The van der Waals surface area contributed by atoms with E-state index in [9.17, 15) is 9.59 Å². The summed E-state index contributed by atoms with van der Waals surface area (Å²) in [6.45, 7) is 2.77. The van der Waals surface area contributed by atoms with E-state index in [-0.39, 0.29) is 5.24 Å². The van der Waals surface area contributed by atoms with Crippen LogP contribution in [0.15, 0.2) is 0 Å². The zero-order valence-electron chi connectivity index (χ0n) is 6.11. The van der Waals surface area contributed by atoms with E-state index < -0.39 is 11.2 Å². The molecule has 0 aromatic heterocycles. The van der Waals surface area contributed by atoms with E-state index in [2.05, 4.69) is 0 Å². The third-order valence-corrected chi connectivity index (χ3v) is 2.64. The molecule has 0 aromatic carbocycles. The Morgan fingerprint density at radius 2 is 2.55 bits per heavy atom. The van der Waals surface area contributed by atoms with Gasteiger partial charge in [0.2, 0.25) is 0 Å². The van der Waals surface area contributed by atoms with Gasteiger partial charge < -0.3 is 10.0 Å². The molecular formula is C6H9NO3S. The van der Waals surface area contributed by atoms with Gasteiger partial charge in [-0.2, -0.15) is 0 Å². The van der Waals surface area contributed by atoms with Crippen LogP contribution in [0, 0.1) is 0 Å². The predicted molar refractivity (Wildman–Crippen MR) is 41.7 cm³/mol. The highest BCUT2D eigenvalue weighted by atomic mass is 32.2. The van der Waals surface area contributed by atoms with E-state index in [4.69, 9.17) is 5.11 Å². The maximum atomic E-state index is 10.9. The first-order valence-corrected chi connectivity index (χ1v) is 4.21. The summed E-state index contributed by atoms with van der Waals surface area (Å²) in [5, 5.41) is 7.85. The van der Waals surface area contributed by atoms with Crippen LogP contribution >= 0.6 is 11.8 Å². The molecule has 1 saturated heterocycles. The van der Waals surface area contributed by atoms with Crippen molar-refractivity contribution in [1.29, 1.82) is 0 Å². The molecule has 1 unspecified atom stereocenters. The highest BCUT2D eigenvalue weighted by Gasteiger charge is 2.34. The molecule has 0 spiro atoms. The van der Waals surface area contributed by atoms with Crippen molar-refractivity contribution in [3.63, 3.8) is 0 Å². The second-order valence-corrected chi connectivity index (χ2v) is 3.40. The lowest BCUT2D eigenvalue weighted by molar-refractivity contribution is -0.136. The molecule has 4 nitrogen and oxygen atoms in total. The number of aliphatic carboxylic acids is 1. The Kier molecular flexibility index (Phi) is 2.38. The summed E-state index contributed by atoms with van der Waals surface area (Å²) < 4.78 is 0. The van der Waals surface area contributed by atoms with Crippen molar-refractivity contribution in [2.24, 2.45) is 0 Å². The lowest BCUT2D eigenvalue weighted by atomic mass is 10.4. The lowest BCUT2D eigenvalue weighted by Gasteiger charge is -2.09. The first-order valence-electron chi connectivity index (χ1n) is 3.33. The quantitative estimate of drug-likeness (QED) is 0.668. The third kappa shape index (κ3) is 1.65. The molecule has 0 bridgehead atoms. The number of amides is 1. The van der Waals surface area contributed by atoms with Gasteiger partial charge in [0.25, 0.3) is 5.24 Å². The van der Waals surface area contributed by atoms with E-state index in [0.29, 0.717) is 13.1 Å². The van der Waals surface area contributed by atoms with Crippen LogP contribution in [0.1, 0.15) is 6.92 Å². The molecule has 1 aliphatic heterocycles. The van der Waals surface area contributed by atoms with Crippen LogP contribution in [-0.2, 0) is 4.79 Å². The number of rotatable bonds is 2. The largest absolute Gasteiger partial charge is 0.480 e. The Morgan fingerprint density at radius 3 is 2.82 bits per heavy atom. The number of thioether (sulfide) groups is 1. The van der Waals surface area contributed by atoms with Crippen LogP contribution in [0.25, 0.3) is 0 Å². The van der Waals surface area contributed by atoms with Gasteiger partial charge in [-0.3, -0.25) is 9.59 Å². The van der Waals surface area contributed by atoms with Crippen molar-refractivity contribution in [3.8, 4) is 0 Å². The molecule has 11 heavy (non-hydrogen) atoms. The Bertz CT molecular complexity index is 194. The van der Waals surface area contributed by atoms with Crippen LogP contribution in [0.2, 0.25) is 0 Å². The molecule has 1 aliphatic rings. The molecule has 0 radical (unpaired) electrons. The van der Waals surface area contributed by atoms with Crippen molar-refractivity contribution < 1.29 is 14.7 Å². The summed E-state index contributed by atoms with van der Waals surface area (Å²) in [6.07, 6.45) is 0. The van der Waals surface area contributed by atoms with E-state index in [1.807, 2.05) is 6.92 Å². The van der Waals surface area contributed by atoms with Crippen LogP contribution in [-0.4, -0.2) is 39.6 Å². The van der Waals surface area contributed by atoms with Gasteiger partial charge in [0.15, 0.2) is 0 Å².